The molecule has 1 atom stereocenters. The van der Waals surface area contributed by atoms with E-state index >= 15 is 0 Å². The summed E-state index contributed by atoms with van der Waals surface area (Å²) in [5.74, 6) is 0.775. The highest BCUT2D eigenvalue weighted by Gasteiger charge is 2.26. The van der Waals surface area contributed by atoms with Crippen molar-refractivity contribution in [3.05, 3.63) is 59.7 Å². The Morgan fingerprint density at radius 1 is 1.22 bits per heavy atom. The highest BCUT2D eigenvalue weighted by atomic mass is 16.6. The number of ether oxygens (including phenoxy) is 2. The molecule has 0 aliphatic carbocycles. The Morgan fingerprint density at radius 3 is 2.70 bits per heavy atom. The fraction of sp³-hybridized carbons (Fsp3) is 0.118. The number of benzene rings is 2. The van der Waals surface area contributed by atoms with E-state index in [1.807, 2.05) is 18.2 Å². The number of hydrazone groups is 1. The third kappa shape index (κ3) is 3.47. The molecule has 0 spiro atoms. The average molecular weight is 307 g/mol. The summed E-state index contributed by atoms with van der Waals surface area (Å²) in [5.41, 5.74) is 3.76. The standard InChI is InChI=1S/C17H13N3O3/c18-9-12-5-7-13(8-6-12)10-19-20-17(21)16-11-22-14-3-1-2-4-15(14)23-16/h1-8,10,16H,11H2,(H,20,21)/b19-10+. The molecule has 23 heavy (non-hydrogen) atoms. The van der Waals surface area contributed by atoms with Crippen LogP contribution in [0.3, 0.4) is 0 Å². The summed E-state index contributed by atoms with van der Waals surface area (Å²) in [4.78, 5) is 12.0. The van der Waals surface area contributed by atoms with Gasteiger partial charge in [0.25, 0.3) is 5.91 Å². The minimum Gasteiger partial charge on any atom is -0.485 e. The molecule has 1 N–H and O–H groups in total. The fourth-order valence-corrected chi connectivity index (χ4v) is 2.03. The number of carbonyl (C=O) groups is 1. The van der Waals surface area contributed by atoms with Crippen molar-refractivity contribution in [3.63, 3.8) is 0 Å². The molecule has 2 aromatic rings. The average Bonchev–Trinajstić information content (AvgIpc) is 2.61. The quantitative estimate of drug-likeness (QED) is 0.693. The summed E-state index contributed by atoms with van der Waals surface area (Å²) in [6, 6.07) is 16.1. The van der Waals surface area contributed by atoms with Gasteiger partial charge in [0, 0.05) is 0 Å². The maximum Gasteiger partial charge on any atom is 0.284 e. The number of hydrogen-bond acceptors (Lipinski definition) is 5. The number of rotatable bonds is 3. The fourth-order valence-electron chi connectivity index (χ4n) is 2.03. The lowest BCUT2D eigenvalue weighted by molar-refractivity contribution is -0.130. The van der Waals surface area contributed by atoms with E-state index in [1.165, 1.54) is 6.21 Å². The molecule has 6 heteroatoms. The van der Waals surface area contributed by atoms with Crippen LogP contribution in [0.1, 0.15) is 11.1 Å². The largest absolute Gasteiger partial charge is 0.485 e. The number of nitriles is 1. The number of hydrogen-bond donors (Lipinski definition) is 1. The number of fused-ring (bicyclic) bond motifs is 1. The third-order valence-corrected chi connectivity index (χ3v) is 3.23. The second kappa shape index (κ2) is 6.62. The molecule has 0 bridgehead atoms. The monoisotopic (exact) mass is 307 g/mol. The molecular weight excluding hydrogens is 294 g/mol. The molecular formula is C17H13N3O3. The van der Waals surface area contributed by atoms with Crippen LogP contribution in [-0.4, -0.2) is 24.8 Å². The molecule has 114 valence electrons. The molecule has 2 aromatic carbocycles. The third-order valence-electron chi connectivity index (χ3n) is 3.23. The highest BCUT2D eigenvalue weighted by molar-refractivity contribution is 5.85. The van der Waals surface area contributed by atoms with E-state index in [-0.39, 0.29) is 12.5 Å². The van der Waals surface area contributed by atoms with E-state index < -0.39 is 6.10 Å². The van der Waals surface area contributed by atoms with Crippen LogP contribution in [0.15, 0.2) is 53.6 Å². The first-order valence-corrected chi connectivity index (χ1v) is 6.98. The van der Waals surface area contributed by atoms with Gasteiger partial charge in [0.2, 0.25) is 6.10 Å². The summed E-state index contributed by atoms with van der Waals surface area (Å²) in [6.45, 7) is 0.134. The summed E-state index contributed by atoms with van der Waals surface area (Å²) < 4.78 is 11.1. The van der Waals surface area contributed by atoms with Crippen LogP contribution >= 0.6 is 0 Å². The Labute approximate surface area is 133 Å². The zero-order valence-corrected chi connectivity index (χ0v) is 12.1. The summed E-state index contributed by atoms with van der Waals surface area (Å²) >= 11 is 0. The van der Waals surface area contributed by atoms with Crippen LogP contribution < -0.4 is 14.9 Å². The Hall–Kier alpha value is -3.33. The van der Waals surface area contributed by atoms with Crippen LogP contribution in [0.5, 0.6) is 11.5 Å². The van der Waals surface area contributed by atoms with Crippen molar-refractivity contribution in [1.29, 1.82) is 5.26 Å². The predicted molar refractivity (Wildman–Crippen MR) is 83.2 cm³/mol. The lowest BCUT2D eigenvalue weighted by Gasteiger charge is -2.24. The van der Waals surface area contributed by atoms with Crippen LogP contribution in [-0.2, 0) is 4.79 Å². The van der Waals surface area contributed by atoms with Gasteiger partial charge in [0.15, 0.2) is 11.5 Å². The lowest BCUT2D eigenvalue weighted by Crippen LogP contribution is -2.42. The molecule has 6 nitrogen and oxygen atoms in total. The Balaban J connectivity index is 1.57. The number of amides is 1. The maximum atomic E-state index is 12.0. The van der Waals surface area contributed by atoms with Gasteiger partial charge in [-0.2, -0.15) is 10.4 Å². The van der Waals surface area contributed by atoms with E-state index in [2.05, 4.69) is 10.5 Å². The van der Waals surface area contributed by atoms with Crippen molar-refractivity contribution in [1.82, 2.24) is 5.43 Å². The van der Waals surface area contributed by atoms with Gasteiger partial charge in [0.1, 0.15) is 6.61 Å². The zero-order chi connectivity index (χ0) is 16.1. The topological polar surface area (TPSA) is 83.7 Å². The summed E-state index contributed by atoms with van der Waals surface area (Å²) in [5, 5.41) is 12.6. The van der Waals surface area contributed by atoms with E-state index in [1.54, 1.807) is 36.4 Å². The molecule has 0 saturated heterocycles. The highest BCUT2D eigenvalue weighted by Crippen LogP contribution is 2.30. The van der Waals surface area contributed by atoms with E-state index in [0.717, 1.165) is 5.56 Å². The van der Waals surface area contributed by atoms with E-state index in [4.69, 9.17) is 14.7 Å². The van der Waals surface area contributed by atoms with Gasteiger partial charge in [-0.3, -0.25) is 4.79 Å². The van der Waals surface area contributed by atoms with Gasteiger partial charge >= 0.3 is 0 Å². The zero-order valence-electron chi connectivity index (χ0n) is 12.1. The molecule has 1 amide bonds. The van der Waals surface area contributed by atoms with Crippen molar-refractivity contribution in [3.8, 4) is 17.6 Å². The second-order valence-electron chi connectivity index (χ2n) is 4.83. The first kappa shape index (κ1) is 14.6. The van der Waals surface area contributed by atoms with E-state index in [0.29, 0.717) is 17.1 Å². The van der Waals surface area contributed by atoms with E-state index in [9.17, 15) is 4.79 Å². The van der Waals surface area contributed by atoms with Crippen molar-refractivity contribution in [2.45, 2.75) is 6.10 Å². The lowest BCUT2D eigenvalue weighted by atomic mass is 10.2. The van der Waals surface area contributed by atoms with Crippen LogP contribution in [0.25, 0.3) is 0 Å². The number of para-hydroxylation sites is 2. The first-order chi connectivity index (χ1) is 11.3. The Morgan fingerprint density at radius 2 is 1.96 bits per heavy atom. The molecule has 1 heterocycles. The Bertz CT molecular complexity index is 778. The van der Waals surface area contributed by atoms with Gasteiger partial charge in [-0.25, -0.2) is 5.43 Å². The van der Waals surface area contributed by atoms with Gasteiger partial charge < -0.3 is 9.47 Å². The molecule has 0 fully saturated rings. The number of nitrogens with one attached hydrogen (secondary N) is 1. The van der Waals surface area contributed by atoms with Crippen molar-refractivity contribution in [2.75, 3.05) is 6.61 Å². The SMILES string of the molecule is N#Cc1ccc(/C=N/NC(=O)C2COc3ccccc3O2)cc1. The van der Waals surface area contributed by atoms with Crippen molar-refractivity contribution in [2.24, 2.45) is 5.10 Å². The van der Waals surface area contributed by atoms with Gasteiger partial charge in [0.05, 0.1) is 17.8 Å². The summed E-state index contributed by atoms with van der Waals surface area (Å²) in [6.07, 6.45) is 0.750. The van der Waals surface area contributed by atoms with Crippen molar-refractivity contribution >= 4 is 12.1 Å². The number of nitrogens with zero attached hydrogens (tertiary/aromatic N) is 2. The minimum atomic E-state index is -0.747. The van der Waals surface area contributed by atoms with Crippen LogP contribution in [0, 0.1) is 11.3 Å². The molecule has 0 radical (unpaired) electrons. The molecule has 3 rings (SSSR count). The molecule has 1 unspecified atom stereocenters. The normalized spacial score (nSPS) is 15.9. The molecule has 1 aliphatic rings. The van der Waals surface area contributed by atoms with Crippen LogP contribution in [0.4, 0.5) is 0 Å². The second-order valence-corrected chi connectivity index (χ2v) is 4.83. The predicted octanol–water partition coefficient (Wildman–Crippen LogP) is 1.85. The molecule has 0 aromatic heterocycles. The molecule has 1 aliphatic heterocycles. The van der Waals surface area contributed by atoms with Gasteiger partial charge in [-0.15, -0.1) is 0 Å². The maximum absolute atomic E-state index is 12.0. The number of carbonyl (C=O) groups excluding carboxylic acids is 1. The first-order valence-electron chi connectivity index (χ1n) is 6.98. The van der Waals surface area contributed by atoms with Gasteiger partial charge in [-0.05, 0) is 29.8 Å². The van der Waals surface area contributed by atoms with Gasteiger partial charge in [-0.1, -0.05) is 24.3 Å². The molecule has 0 saturated carbocycles. The van der Waals surface area contributed by atoms with Crippen molar-refractivity contribution < 1.29 is 14.3 Å². The summed E-state index contributed by atoms with van der Waals surface area (Å²) in [7, 11) is 0. The Kier molecular flexibility index (Phi) is 4.20. The smallest absolute Gasteiger partial charge is 0.284 e. The minimum absolute atomic E-state index is 0.134. The van der Waals surface area contributed by atoms with Crippen LogP contribution in [0.2, 0.25) is 0 Å².